The van der Waals surface area contributed by atoms with Crippen molar-refractivity contribution in [2.75, 3.05) is 18.9 Å². The van der Waals surface area contributed by atoms with Crippen LogP contribution in [0.5, 0.6) is 0 Å². The summed E-state index contributed by atoms with van der Waals surface area (Å²) in [4.78, 5) is 25.7. The maximum Gasteiger partial charge on any atom is 0.255 e. The molecule has 0 aliphatic rings. The van der Waals surface area contributed by atoms with E-state index in [1.54, 1.807) is 26.1 Å². The second-order valence-corrected chi connectivity index (χ2v) is 6.73. The van der Waals surface area contributed by atoms with Crippen LogP contribution < -0.4 is 5.32 Å². The molecular formula is C14H13BrIN3O3. The van der Waals surface area contributed by atoms with Gasteiger partial charge in [0.15, 0.2) is 5.82 Å². The SMILES string of the molecule is Cc1cc(NC(=O)CN(C)C(=O)c2cc(Br)ccc2I)no1. The minimum absolute atomic E-state index is 0.0761. The molecule has 1 aromatic heterocycles. The highest BCUT2D eigenvalue weighted by Crippen LogP contribution is 2.19. The number of hydrogen-bond acceptors (Lipinski definition) is 4. The fraction of sp³-hybridized carbons (Fsp3) is 0.214. The van der Waals surface area contributed by atoms with E-state index in [9.17, 15) is 9.59 Å². The van der Waals surface area contributed by atoms with E-state index >= 15 is 0 Å². The molecule has 0 atom stereocenters. The predicted octanol–water partition coefficient (Wildman–Crippen LogP) is 3.06. The number of amides is 2. The third-order valence-electron chi connectivity index (χ3n) is 2.78. The number of nitrogens with zero attached hydrogens (tertiary/aromatic N) is 2. The maximum atomic E-state index is 12.4. The Bertz CT molecular complexity index is 717. The number of nitrogens with one attached hydrogen (secondary N) is 1. The van der Waals surface area contributed by atoms with E-state index in [1.165, 1.54) is 4.90 Å². The van der Waals surface area contributed by atoms with E-state index < -0.39 is 0 Å². The molecule has 1 aromatic carbocycles. The smallest absolute Gasteiger partial charge is 0.255 e. The summed E-state index contributed by atoms with van der Waals surface area (Å²) in [5, 5.41) is 6.25. The minimum Gasteiger partial charge on any atom is -0.360 e. The Morgan fingerprint density at radius 3 is 2.77 bits per heavy atom. The summed E-state index contributed by atoms with van der Waals surface area (Å²) >= 11 is 5.43. The first-order valence-corrected chi connectivity index (χ1v) is 8.17. The van der Waals surface area contributed by atoms with Crippen LogP contribution in [0.1, 0.15) is 16.1 Å². The van der Waals surface area contributed by atoms with Crippen molar-refractivity contribution < 1.29 is 14.1 Å². The molecule has 0 aliphatic carbocycles. The van der Waals surface area contributed by atoms with Crippen molar-refractivity contribution in [3.05, 3.63) is 43.6 Å². The number of aromatic nitrogens is 1. The molecule has 2 amide bonds. The summed E-state index contributed by atoms with van der Waals surface area (Å²) in [7, 11) is 1.58. The monoisotopic (exact) mass is 477 g/mol. The molecule has 0 spiro atoms. The van der Waals surface area contributed by atoms with Gasteiger partial charge in [0.05, 0.1) is 12.1 Å². The molecule has 0 radical (unpaired) electrons. The Morgan fingerprint density at radius 1 is 1.41 bits per heavy atom. The van der Waals surface area contributed by atoms with Gasteiger partial charge in [0, 0.05) is 21.2 Å². The number of rotatable bonds is 4. The number of anilines is 1. The van der Waals surface area contributed by atoms with E-state index in [1.807, 2.05) is 12.1 Å². The molecule has 0 aliphatic heterocycles. The van der Waals surface area contributed by atoms with Gasteiger partial charge in [-0.25, -0.2) is 0 Å². The van der Waals surface area contributed by atoms with E-state index in [0.717, 1.165) is 8.04 Å². The Balaban J connectivity index is 2.01. The quantitative estimate of drug-likeness (QED) is 0.686. The summed E-state index contributed by atoms with van der Waals surface area (Å²) in [6.45, 7) is 1.65. The third kappa shape index (κ3) is 4.29. The lowest BCUT2D eigenvalue weighted by atomic mass is 10.2. The van der Waals surface area contributed by atoms with Crippen LogP contribution >= 0.6 is 38.5 Å². The highest BCUT2D eigenvalue weighted by molar-refractivity contribution is 14.1. The van der Waals surface area contributed by atoms with Crippen LogP contribution in [0, 0.1) is 10.5 Å². The Morgan fingerprint density at radius 2 is 2.14 bits per heavy atom. The van der Waals surface area contributed by atoms with Crippen LogP contribution in [0.25, 0.3) is 0 Å². The number of likely N-dealkylation sites (N-methyl/N-ethyl adjacent to an activating group) is 1. The molecule has 0 unspecified atom stereocenters. The molecule has 2 aromatic rings. The summed E-state index contributed by atoms with van der Waals surface area (Å²) in [5.41, 5.74) is 0.544. The van der Waals surface area contributed by atoms with Crippen LogP contribution in [-0.4, -0.2) is 35.5 Å². The Kier molecular flexibility index (Phi) is 5.57. The molecule has 0 saturated heterocycles. The number of halogens is 2. The van der Waals surface area contributed by atoms with Crippen LogP contribution in [0.15, 0.2) is 33.3 Å². The average Bonchev–Trinajstić information content (AvgIpc) is 2.85. The minimum atomic E-state index is -0.339. The molecule has 0 bridgehead atoms. The zero-order chi connectivity index (χ0) is 16.3. The van der Waals surface area contributed by atoms with Gasteiger partial charge in [-0.2, -0.15) is 0 Å². The van der Waals surface area contributed by atoms with Crippen LogP contribution in [-0.2, 0) is 4.79 Å². The fourth-order valence-electron chi connectivity index (χ4n) is 1.76. The standard InChI is InChI=1S/C14H13BrIN3O3/c1-8-5-12(18-22-8)17-13(20)7-19(2)14(21)10-6-9(15)3-4-11(10)16/h3-6H,7H2,1-2H3,(H,17,18,20). The molecule has 2 rings (SSSR count). The van der Waals surface area contributed by atoms with Gasteiger partial charge in [0.1, 0.15) is 5.76 Å². The van der Waals surface area contributed by atoms with Crippen molar-refractivity contribution in [1.82, 2.24) is 10.1 Å². The number of aryl methyl sites for hydroxylation is 1. The van der Waals surface area contributed by atoms with E-state index in [4.69, 9.17) is 4.52 Å². The first kappa shape index (κ1) is 16.9. The second-order valence-electron chi connectivity index (χ2n) is 4.66. The summed E-state index contributed by atoms with van der Waals surface area (Å²) in [5.74, 6) is 0.371. The highest BCUT2D eigenvalue weighted by atomic mass is 127. The van der Waals surface area contributed by atoms with Crippen LogP contribution in [0.4, 0.5) is 5.82 Å². The average molecular weight is 478 g/mol. The van der Waals surface area contributed by atoms with Crippen LogP contribution in [0.3, 0.4) is 0 Å². The number of carbonyl (C=O) groups excluding carboxylic acids is 2. The lowest BCUT2D eigenvalue weighted by molar-refractivity contribution is -0.116. The lowest BCUT2D eigenvalue weighted by Gasteiger charge is -2.17. The molecule has 0 saturated carbocycles. The van der Waals surface area contributed by atoms with Crippen molar-refractivity contribution in [3.63, 3.8) is 0 Å². The van der Waals surface area contributed by atoms with Crippen molar-refractivity contribution in [2.24, 2.45) is 0 Å². The van der Waals surface area contributed by atoms with Crippen molar-refractivity contribution >= 4 is 56.2 Å². The zero-order valence-corrected chi connectivity index (χ0v) is 15.6. The predicted molar refractivity (Wildman–Crippen MR) is 93.7 cm³/mol. The van der Waals surface area contributed by atoms with E-state index in [2.05, 4.69) is 49.0 Å². The molecule has 6 nitrogen and oxygen atoms in total. The largest absolute Gasteiger partial charge is 0.360 e. The van der Waals surface area contributed by atoms with Gasteiger partial charge in [-0.05, 0) is 47.7 Å². The molecule has 0 fully saturated rings. The van der Waals surface area contributed by atoms with Gasteiger partial charge in [0.25, 0.3) is 5.91 Å². The summed E-state index contributed by atoms with van der Waals surface area (Å²) < 4.78 is 6.50. The maximum absolute atomic E-state index is 12.4. The molecule has 116 valence electrons. The molecule has 1 heterocycles. The van der Waals surface area contributed by atoms with Crippen LogP contribution in [0.2, 0.25) is 0 Å². The van der Waals surface area contributed by atoms with E-state index in [0.29, 0.717) is 17.1 Å². The summed E-state index contributed by atoms with van der Waals surface area (Å²) in [6, 6.07) is 7.04. The molecule has 8 heteroatoms. The fourth-order valence-corrected chi connectivity index (χ4v) is 2.69. The van der Waals surface area contributed by atoms with Crippen molar-refractivity contribution in [3.8, 4) is 0 Å². The second kappa shape index (κ2) is 7.23. The van der Waals surface area contributed by atoms with E-state index in [-0.39, 0.29) is 18.4 Å². The topological polar surface area (TPSA) is 75.4 Å². The Hall–Kier alpha value is -1.42. The number of carbonyl (C=O) groups is 2. The highest BCUT2D eigenvalue weighted by Gasteiger charge is 2.18. The van der Waals surface area contributed by atoms with Gasteiger partial charge < -0.3 is 14.7 Å². The number of benzene rings is 1. The van der Waals surface area contributed by atoms with Crippen molar-refractivity contribution in [1.29, 1.82) is 0 Å². The first-order chi connectivity index (χ1) is 10.4. The molecule has 1 N–H and O–H groups in total. The third-order valence-corrected chi connectivity index (χ3v) is 4.22. The molecule has 22 heavy (non-hydrogen) atoms. The zero-order valence-electron chi connectivity index (χ0n) is 11.9. The lowest BCUT2D eigenvalue weighted by Crippen LogP contribution is -2.35. The number of hydrogen-bond donors (Lipinski definition) is 1. The van der Waals surface area contributed by atoms with Gasteiger partial charge in [-0.1, -0.05) is 21.1 Å². The van der Waals surface area contributed by atoms with Gasteiger partial charge in [-0.15, -0.1) is 0 Å². The first-order valence-electron chi connectivity index (χ1n) is 6.30. The normalized spacial score (nSPS) is 10.4. The summed E-state index contributed by atoms with van der Waals surface area (Å²) in [6.07, 6.45) is 0. The van der Waals surface area contributed by atoms with Gasteiger partial charge >= 0.3 is 0 Å². The van der Waals surface area contributed by atoms with Gasteiger partial charge in [-0.3, -0.25) is 9.59 Å². The molecular weight excluding hydrogens is 465 g/mol. The van der Waals surface area contributed by atoms with Gasteiger partial charge in [0.2, 0.25) is 5.91 Å². The Labute approximate surface area is 149 Å². The van der Waals surface area contributed by atoms with Crippen molar-refractivity contribution in [2.45, 2.75) is 6.92 Å².